The number of H-pyrrole nitrogens is 1. The minimum Gasteiger partial charge on any atom is -0.282 e. The minimum absolute atomic E-state index is 0.737. The van der Waals surface area contributed by atoms with Crippen LogP contribution in [-0.4, -0.2) is 10.2 Å². The van der Waals surface area contributed by atoms with Gasteiger partial charge in [-0.25, -0.2) is 0 Å². The predicted octanol–water partition coefficient (Wildman–Crippen LogP) is 4.41. The van der Waals surface area contributed by atoms with E-state index in [1.165, 1.54) is 69.9 Å². The SMILES string of the molecule is c1cc(C2CCCCCCCCCC2)[nH]n1. The van der Waals surface area contributed by atoms with E-state index in [1.54, 1.807) is 0 Å². The Bertz CT molecular complexity index is 254. The summed E-state index contributed by atoms with van der Waals surface area (Å²) < 4.78 is 0. The molecular formula is C14H24N2. The summed E-state index contributed by atoms with van der Waals surface area (Å²) in [5.74, 6) is 0.737. The zero-order valence-electron chi connectivity index (χ0n) is 10.3. The second kappa shape index (κ2) is 6.72. The van der Waals surface area contributed by atoms with Crippen LogP contribution < -0.4 is 0 Å². The molecule has 1 fully saturated rings. The van der Waals surface area contributed by atoms with E-state index in [4.69, 9.17) is 0 Å². The van der Waals surface area contributed by atoms with Crippen molar-refractivity contribution in [3.8, 4) is 0 Å². The molecule has 2 rings (SSSR count). The predicted molar refractivity (Wildman–Crippen MR) is 67.5 cm³/mol. The summed E-state index contributed by atoms with van der Waals surface area (Å²) in [6.07, 6.45) is 16.0. The smallest absolute Gasteiger partial charge is 0.0490 e. The monoisotopic (exact) mass is 220 g/mol. The van der Waals surface area contributed by atoms with Crippen molar-refractivity contribution in [1.29, 1.82) is 0 Å². The number of hydrogen-bond acceptors (Lipinski definition) is 1. The highest BCUT2D eigenvalue weighted by atomic mass is 15.1. The van der Waals surface area contributed by atoms with E-state index < -0.39 is 0 Å². The Balaban J connectivity index is 1.88. The lowest BCUT2D eigenvalue weighted by atomic mass is 9.92. The molecule has 1 aliphatic carbocycles. The number of aromatic amines is 1. The number of nitrogens with one attached hydrogen (secondary N) is 1. The van der Waals surface area contributed by atoms with Gasteiger partial charge in [-0.2, -0.15) is 5.10 Å². The number of aromatic nitrogens is 2. The van der Waals surface area contributed by atoms with Gasteiger partial charge in [0.2, 0.25) is 0 Å². The summed E-state index contributed by atoms with van der Waals surface area (Å²) in [6, 6.07) is 2.16. The molecule has 0 atom stereocenters. The van der Waals surface area contributed by atoms with Crippen molar-refractivity contribution in [1.82, 2.24) is 10.2 Å². The first-order chi connectivity index (χ1) is 7.97. The molecule has 1 aliphatic rings. The van der Waals surface area contributed by atoms with Gasteiger partial charge in [0.05, 0.1) is 0 Å². The van der Waals surface area contributed by atoms with E-state index >= 15 is 0 Å². The van der Waals surface area contributed by atoms with Gasteiger partial charge < -0.3 is 0 Å². The van der Waals surface area contributed by atoms with Crippen molar-refractivity contribution in [3.05, 3.63) is 18.0 Å². The fraction of sp³-hybridized carbons (Fsp3) is 0.786. The highest BCUT2D eigenvalue weighted by molar-refractivity contribution is 5.05. The maximum atomic E-state index is 4.09. The fourth-order valence-corrected chi connectivity index (χ4v) is 2.79. The van der Waals surface area contributed by atoms with Gasteiger partial charge >= 0.3 is 0 Å². The Morgan fingerprint density at radius 1 is 0.875 bits per heavy atom. The lowest BCUT2D eigenvalue weighted by Crippen LogP contribution is -2.00. The maximum absolute atomic E-state index is 4.09. The standard InChI is InChI=1S/C14H24N2/c1-2-4-6-8-10-13(9-7-5-3-1)14-11-12-15-16-14/h11-13H,1-10H2,(H,15,16). The van der Waals surface area contributed by atoms with Crippen molar-refractivity contribution < 1.29 is 0 Å². The van der Waals surface area contributed by atoms with E-state index in [0.29, 0.717) is 0 Å². The molecule has 90 valence electrons. The Morgan fingerprint density at radius 2 is 1.44 bits per heavy atom. The van der Waals surface area contributed by atoms with Crippen LogP contribution in [0.5, 0.6) is 0 Å². The van der Waals surface area contributed by atoms with Crippen LogP contribution >= 0.6 is 0 Å². The molecule has 1 N–H and O–H groups in total. The summed E-state index contributed by atoms with van der Waals surface area (Å²) in [7, 11) is 0. The van der Waals surface area contributed by atoms with E-state index in [1.807, 2.05) is 6.20 Å². The first-order valence-corrected chi connectivity index (χ1v) is 6.96. The molecule has 0 saturated heterocycles. The van der Waals surface area contributed by atoms with Gasteiger partial charge in [0.15, 0.2) is 0 Å². The van der Waals surface area contributed by atoms with Crippen LogP contribution in [0.25, 0.3) is 0 Å². The zero-order chi connectivity index (χ0) is 11.1. The number of hydrogen-bond donors (Lipinski definition) is 1. The van der Waals surface area contributed by atoms with Gasteiger partial charge in [0.1, 0.15) is 0 Å². The molecule has 0 bridgehead atoms. The summed E-state index contributed by atoms with van der Waals surface area (Å²) in [5.41, 5.74) is 1.36. The van der Waals surface area contributed by atoms with Gasteiger partial charge in [0.25, 0.3) is 0 Å². The van der Waals surface area contributed by atoms with Gasteiger partial charge in [-0.1, -0.05) is 51.4 Å². The van der Waals surface area contributed by atoms with E-state index in [2.05, 4.69) is 16.3 Å². The second-order valence-corrected chi connectivity index (χ2v) is 5.11. The molecule has 0 aliphatic heterocycles. The third kappa shape index (κ3) is 3.66. The van der Waals surface area contributed by atoms with Crippen LogP contribution in [0, 0.1) is 0 Å². The Kier molecular flexibility index (Phi) is 4.91. The van der Waals surface area contributed by atoms with E-state index in [-0.39, 0.29) is 0 Å². The van der Waals surface area contributed by atoms with Gasteiger partial charge in [-0.15, -0.1) is 0 Å². The Morgan fingerprint density at radius 3 is 1.94 bits per heavy atom. The van der Waals surface area contributed by atoms with Crippen LogP contribution in [0.4, 0.5) is 0 Å². The zero-order valence-corrected chi connectivity index (χ0v) is 10.3. The van der Waals surface area contributed by atoms with Crippen LogP contribution in [0.15, 0.2) is 12.3 Å². The van der Waals surface area contributed by atoms with Crippen molar-refractivity contribution in [2.75, 3.05) is 0 Å². The molecule has 0 amide bonds. The molecule has 1 heterocycles. The molecule has 16 heavy (non-hydrogen) atoms. The molecule has 1 aromatic rings. The third-order valence-corrected chi connectivity index (χ3v) is 3.82. The summed E-state index contributed by atoms with van der Waals surface area (Å²) in [4.78, 5) is 0. The van der Waals surface area contributed by atoms with Gasteiger partial charge in [-0.3, -0.25) is 5.10 Å². The minimum atomic E-state index is 0.737. The second-order valence-electron chi connectivity index (χ2n) is 5.11. The van der Waals surface area contributed by atoms with Gasteiger partial charge in [0, 0.05) is 17.8 Å². The summed E-state index contributed by atoms with van der Waals surface area (Å²) in [5, 5.41) is 7.24. The molecule has 1 aromatic heterocycles. The molecule has 2 heteroatoms. The number of nitrogens with zero attached hydrogens (tertiary/aromatic N) is 1. The molecular weight excluding hydrogens is 196 g/mol. The van der Waals surface area contributed by atoms with Crippen LogP contribution in [0.1, 0.15) is 75.8 Å². The van der Waals surface area contributed by atoms with Crippen molar-refractivity contribution >= 4 is 0 Å². The maximum Gasteiger partial charge on any atom is 0.0490 e. The molecule has 0 unspecified atom stereocenters. The highest BCUT2D eigenvalue weighted by Crippen LogP contribution is 2.28. The van der Waals surface area contributed by atoms with E-state index in [9.17, 15) is 0 Å². The van der Waals surface area contributed by atoms with Crippen molar-refractivity contribution in [3.63, 3.8) is 0 Å². The molecule has 2 nitrogen and oxygen atoms in total. The first kappa shape index (κ1) is 11.7. The topological polar surface area (TPSA) is 28.7 Å². The van der Waals surface area contributed by atoms with Crippen molar-refractivity contribution in [2.45, 2.75) is 70.1 Å². The first-order valence-electron chi connectivity index (χ1n) is 6.96. The molecule has 1 saturated carbocycles. The number of rotatable bonds is 1. The largest absolute Gasteiger partial charge is 0.282 e. The highest BCUT2D eigenvalue weighted by Gasteiger charge is 2.12. The van der Waals surface area contributed by atoms with E-state index in [0.717, 1.165) is 5.92 Å². The third-order valence-electron chi connectivity index (χ3n) is 3.82. The fourth-order valence-electron chi connectivity index (χ4n) is 2.79. The molecule has 0 radical (unpaired) electrons. The summed E-state index contributed by atoms with van der Waals surface area (Å²) >= 11 is 0. The lowest BCUT2D eigenvalue weighted by Gasteiger charge is -2.14. The Labute approximate surface area is 98.8 Å². The quantitative estimate of drug-likeness (QED) is 0.746. The van der Waals surface area contributed by atoms with Crippen LogP contribution in [0.3, 0.4) is 0 Å². The average Bonchev–Trinajstić information content (AvgIpc) is 2.79. The molecule has 0 aromatic carbocycles. The Hall–Kier alpha value is -0.790. The normalized spacial score (nSPS) is 21.5. The van der Waals surface area contributed by atoms with Gasteiger partial charge in [-0.05, 0) is 18.9 Å². The lowest BCUT2D eigenvalue weighted by molar-refractivity contribution is 0.504. The van der Waals surface area contributed by atoms with Crippen molar-refractivity contribution in [2.24, 2.45) is 0 Å². The molecule has 0 spiro atoms. The summed E-state index contributed by atoms with van der Waals surface area (Å²) in [6.45, 7) is 0. The van der Waals surface area contributed by atoms with Crippen LogP contribution in [0.2, 0.25) is 0 Å². The van der Waals surface area contributed by atoms with Crippen LogP contribution in [-0.2, 0) is 0 Å². The average molecular weight is 220 g/mol.